The van der Waals surface area contributed by atoms with Crippen LogP contribution in [0.2, 0.25) is 0 Å². The van der Waals surface area contributed by atoms with E-state index in [0.717, 1.165) is 6.42 Å². The summed E-state index contributed by atoms with van der Waals surface area (Å²) >= 11 is 0. The third kappa shape index (κ3) is 6.85. The van der Waals surface area contributed by atoms with Crippen molar-refractivity contribution in [1.29, 1.82) is 0 Å². The molecule has 0 aliphatic rings. The Hall–Kier alpha value is -1.84. The van der Waals surface area contributed by atoms with Gasteiger partial charge >= 0.3 is 0 Å². The predicted molar refractivity (Wildman–Crippen MR) is 99.0 cm³/mol. The molecule has 4 nitrogen and oxygen atoms in total. The van der Waals surface area contributed by atoms with Crippen LogP contribution in [0.5, 0.6) is 0 Å². The van der Waals surface area contributed by atoms with Crippen molar-refractivity contribution in [3.8, 4) is 0 Å². The molecule has 23 heavy (non-hydrogen) atoms. The van der Waals surface area contributed by atoms with E-state index < -0.39 is 0 Å². The molecule has 0 aliphatic carbocycles. The zero-order valence-corrected chi connectivity index (χ0v) is 15.2. The van der Waals surface area contributed by atoms with Crippen molar-refractivity contribution >= 4 is 5.69 Å². The molecule has 0 saturated heterocycles. The van der Waals surface area contributed by atoms with Crippen LogP contribution in [0.1, 0.15) is 57.6 Å². The van der Waals surface area contributed by atoms with Crippen molar-refractivity contribution in [2.75, 3.05) is 18.0 Å². The third-order valence-corrected chi connectivity index (χ3v) is 3.97. The Bertz CT molecular complexity index is 483. The van der Waals surface area contributed by atoms with E-state index >= 15 is 0 Å². The average molecular weight is 316 g/mol. The molecule has 0 amide bonds. The van der Waals surface area contributed by atoms with Crippen LogP contribution in [0, 0.1) is 6.92 Å². The van der Waals surface area contributed by atoms with Gasteiger partial charge in [0.05, 0.1) is 12.4 Å². The predicted octanol–water partition coefficient (Wildman–Crippen LogP) is 4.77. The van der Waals surface area contributed by atoms with Crippen molar-refractivity contribution in [3.63, 3.8) is 0 Å². The second kappa shape index (κ2) is 11.7. The molecule has 1 heterocycles. The normalized spacial score (nSPS) is 10.1. The van der Waals surface area contributed by atoms with E-state index in [4.69, 9.17) is 0 Å². The van der Waals surface area contributed by atoms with Crippen LogP contribution >= 0.6 is 0 Å². The van der Waals surface area contributed by atoms with E-state index in [9.17, 15) is 0 Å². The summed E-state index contributed by atoms with van der Waals surface area (Å²) in [6.45, 7) is 11.5. The first-order valence-corrected chi connectivity index (χ1v) is 8.87. The molecule has 0 radical (unpaired) electrons. The molecular formula is C19H32N4. The van der Waals surface area contributed by atoms with Crippen molar-refractivity contribution in [2.24, 2.45) is 0 Å². The maximum Gasteiger partial charge on any atom is 0.0690 e. The number of aryl methyl sites for hydroxylation is 1. The van der Waals surface area contributed by atoms with Gasteiger partial charge in [-0.3, -0.25) is 0 Å². The zero-order valence-electron chi connectivity index (χ0n) is 15.2. The number of hydrogen-bond acceptors (Lipinski definition) is 3. The van der Waals surface area contributed by atoms with Crippen LogP contribution in [0.25, 0.3) is 0 Å². The molecule has 1 aromatic heterocycles. The molecule has 0 bridgehead atoms. The summed E-state index contributed by atoms with van der Waals surface area (Å²) in [6.07, 6.45) is 9.43. The summed E-state index contributed by atoms with van der Waals surface area (Å²) in [4.78, 5) is 2.60. The topological polar surface area (TPSA) is 44.8 Å². The Balaban J connectivity index is 0.000000446. The van der Waals surface area contributed by atoms with E-state index in [2.05, 4.69) is 66.2 Å². The monoisotopic (exact) mass is 316 g/mol. The van der Waals surface area contributed by atoms with Gasteiger partial charge in [0.1, 0.15) is 0 Å². The first-order chi connectivity index (χ1) is 11.2. The fraction of sp³-hybridized carbons (Fsp3) is 0.579. The minimum absolute atomic E-state index is 1.14. The quantitative estimate of drug-likeness (QED) is 0.763. The minimum atomic E-state index is 1.14. The van der Waals surface area contributed by atoms with Crippen LogP contribution in [0.4, 0.5) is 5.69 Å². The van der Waals surface area contributed by atoms with Crippen molar-refractivity contribution in [2.45, 2.75) is 59.8 Å². The fourth-order valence-electron chi connectivity index (χ4n) is 2.66. The first-order valence-electron chi connectivity index (χ1n) is 8.87. The molecule has 0 aliphatic heterocycles. The lowest BCUT2D eigenvalue weighted by molar-refractivity contribution is 0.675. The molecule has 128 valence electrons. The number of rotatable bonds is 8. The number of unbranched alkanes of at least 4 members (excludes halogenated alkanes) is 2. The molecule has 0 atom stereocenters. The Morgan fingerprint density at radius 2 is 1.57 bits per heavy atom. The van der Waals surface area contributed by atoms with Gasteiger partial charge in [-0.05, 0) is 43.4 Å². The van der Waals surface area contributed by atoms with Crippen LogP contribution in [-0.2, 0) is 6.42 Å². The van der Waals surface area contributed by atoms with Gasteiger partial charge in [-0.2, -0.15) is 15.4 Å². The molecule has 1 N–H and O–H groups in total. The summed E-state index contributed by atoms with van der Waals surface area (Å²) in [5.41, 5.74) is 4.44. The lowest BCUT2D eigenvalue weighted by atomic mass is 10.0. The number of nitrogens with one attached hydrogen (secondary N) is 1. The highest BCUT2D eigenvalue weighted by atomic mass is 15.3. The van der Waals surface area contributed by atoms with Crippen LogP contribution < -0.4 is 4.90 Å². The lowest BCUT2D eigenvalue weighted by Crippen LogP contribution is -2.26. The van der Waals surface area contributed by atoms with Gasteiger partial charge in [0.15, 0.2) is 0 Å². The Labute approximate surface area is 141 Å². The third-order valence-electron chi connectivity index (χ3n) is 3.97. The summed E-state index contributed by atoms with van der Waals surface area (Å²) < 4.78 is 0. The Morgan fingerprint density at radius 3 is 2.00 bits per heavy atom. The SMILES string of the molecule is CCCCN(CCCC)c1cccc(C)c1CC.c1cn[nH]n1. The zero-order chi connectivity index (χ0) is 16.9. The van der Waals surface area contributed by atoms with Crippen molar-refractivity contribution in [1.82, 2.24) is 15.4 Å². The fourth-order valence-corrected chi connectivity index (χ4v) is 2.66. The summed E-state index contributed by atoms with van der Waals surface area (Å²) in [7, 11) is 0. The minimum Gasteiger partial charge on any atom is -0.371 e. The molecule has 2 rings (SSSR count). The highest BCUT2D eigenvalue weighted by molar-refractivity contribution is 5.56. The molecule has 0 spiro atoms. The van der Waals surface area contributed by atoms with Gasteiger partial charge in [-0.25, -0.2) is 0 Å². The van der Waals surface area contributed by atoms with Gasteiger partial charge in [0, 0.05) is 18.8 Å². The highest BCUT2D eigenvalue weighted by Crippen LogP contribution is 2.25. The second-order valence-corrected chi connectivity index (χ2v) is 5.78. The Morgan fingerprint density at radius 1 is 0.957 bits per heavy atom. The molecule has 0 saturated carbocycles. The van der Waals surface area contributed by atoms with Gasteiger partial charge < -0.3 is 4.90 Å². The summed E-state index contributed by atoms with van der Waals surface area (Å²) in [5.74, 6) is 0. The van der Waals surface area contributed by atoms with Crippen LogP contribution in [-0.4, -0.2) is 28.5 Å². The van der Waals surface area contributed by atoms with E-state index in [1.165, 1.54) is 55.6 Å². The van der Waals surface area contributed by atoms with Crippen molar-refractivity contribution in [3.05, 3.63) is 41.7 Å². The maximum atomic E-state index is 3.49. The summed E-state index contributed by atoms with van der Waals surface area (Å²) in [5, 5.41) is 9.33. The molecule has 1 aromatic carbocycles. The number of nitrogens with zero attached hydrogens (tertiary/aromatic N) is 3. The number of anilines is 1. The highest BCUT2D eigenvalue weighted by Gasteiger charge is 2.10. The Kier molecular flexibility index (Phi) is 9.76. The number of aromatic nitrogens is 3. The first kappa shape index (κ1) is 19.2. The number of aromatic amines is 1. The van der Waals surface area contributed by atoms with Crippen molar-refractivity contribution < 1.29 is 0 Å². The second-order valence-electron chi connectivity index (χ2n) is 5.78. The smallest absolute Gasteiger partial charge is 0.0690 e. The molecule has 0 fully saturated rings. The van der Waals surface area contributed by atoms with E-state index in [-0.39, 0.29) is 0 Å². The van der Waals surface area contributed by atoms with E-state index in [1.54, 1.807) is 12.4 Å². The van der Waals surface area contributed by atoms with E-state index in [0.29, 0.717) is 0 Å². The molecule has 4 heteroatoms. The van der Waals surface area contributed by atoms with E-state index in [1.807, 2.05) is 0 Å². The molecule has 2 aromatic rings. The number of H-pyrrole nitrogens is 1. The van der Waals surface area contributed by atoms with Gasteiger partial charge in [-0.1, -0.05) is 45.7 Å². The van der Waals surface area contributed by atoms with Crippen LogP contribution in [0.3, 0.4) is 0 Å². The largest absolute Gasteiger partial charge is 0.371 e. The molecule has 0 unspecified atom stereocenters. The van der Waals surface area contributed by atoms with Gasteiger partial charge in [-0.15, -0.1) is 0 Å². The lowest BCUT2D eigenvalue weighted by Gasteiger charge is -2.27. The van der Waals surface area contributed by atoms with Gasteiger partial charge in [0.25, 0.3) is 0 Å². The maximum absolute atomic E-state index is 3.49. The average Bonchev–Trinajstić information content (AvgIpc) is 3.15. The molecular weight excluding hydrogens is 284 g/mol. The number of hydrogen-bond donors (Lipinski definition) is 1. The summed E-state index contributed by atoms with van der Waals surface area (Å²) in [6, 6.07) is 6.74. The van der Waals surface area contributed by atoms with Gasteiger partial charge in [0.2, 0.25) is 0 Å². The standard InChI is InChI=1S/C17H29N.C2H3N3/c1-5-8-13-18(14-9-6-2)17-12-10-11-15(4)16(17)7-3;1-2-4-5-3-1/h10-12H,5-9,13-14H2,1-4H3;1-2H,(H,3,4,5). The number of benzene rings is 1. The van der Waals surface area contributed by atoms with Crippen LogP contribution in [0.15, 0.2) is 30.6 Å².